The lowest BCUT2D eigenvalue weighted by molar-refractivity contribution is 1.14. The van der Waals surface area contributed by atoms with Gasteiger partial charge in [0, 0.05) is 55.4 Å². The molecule has 7 nitrogen and oxygen atoms in total. The van der Waals surface area contributed by atoms with E-state index in [-0.39, 0.29) is 0 Å². The first kappa shape index (κ1) is 20.4. The fraction of sp³-hybridized carbons (Fsp3) is 0. The average Bonchev–Trinajstić information content (AvgIpc) is 3.57. The number of anilines is 2. The summed E-state index contributed by atoms with van der Waals surface area (Å²) in [5, 5.41) is 7.04. The third kappa shape index (κ3) is 3.47. The zero-order valence-corrected chi connectivity index (χ0v) is 19.3. The van der Waals surface area contributed by atoms with Crippen molar-refractivity contribution in [1.82, 2.24) is 24.9 Å². The van der Waals surface area contributed by atoms with Crippen LogP contribution in [0.2, 0.25) is 0 Å². The van der Waals surface area contributed by atoms with E-state index in [0.29, 0.717) is 11.3 Å². The Morgan fingerprint density at radius 3 is 2.26 bits per heavy atom. The molecule has 0 saturated heterocycles. The van der Waals surface area contributed by atoms with Crippen LogP contribution in [0.3, 0.4) is 0 Å². The maximum absolute atomic E-state index is 5.50. The van der Waals surface area contributed by atoms with Crippen molar-refractivity contribution in [1.29, 1.82) is 0 Å². The molecule has 4 aromatic heterocycles. The van der Waals surface area contributed by atoms with E-state index in [0.717, 1.165) is 53.0 Å². The van der Waals surface area contributed by atoms with Crippen LogP contribution in [-0.2, 0) is 0 Å². The van der Waals surface area contributed by atoms with E-state index in [2.05, 4.69) is 30.2 Å². The zero-order chi connectivity index (χ0) is 23.1. The molecule has 6 aromatic rings. The molecule has 34 heavy (non-hydrogen) atoms. The van der Waals surface area contributed by atoms with Gasteiger partial charge in [-0.3, -0.25) is 0 Å². The topological polar surface area (TPSA) is 97.5 Å². The van der Waals surface area contributed by atoms with E-state index >= 15 is 0 Å². The number of aromatic amines is 3. The summed E-state index contributed by atoms with van der Waals surface area (Å²) in [6, 6.07) is 15.5. The van der Waals surface area contributed by atoms with Crippen molar-refractivity contribution >= 4 is 74.2 Å². The van der Waals surface area contributed by atoms with Crippen LogP contribution in [0.5, 0.6) is 0 Å². The van der Waals surface area contributed by atoms with Crippen LogP contribution in [0.1, 0.15) is 0 Å². The molecule has 9 heteroatoms. The fourth-order valence-corrected chi connectivity index (χ4v) is 4.54. The van der Waals surface area contributed by atoms with Crippen LogP contribution in [0.4, 0.5) is 17.2 Å². The number of nitrogens with zero attached hydrogens (tertiary/aromatic N) is 3. The Bertz CT molecular complexity index is 1900. The van der Waals surface area contributed by atoms with Gasteiger partial charge in [-0.25, -0.2) is 15.0 Å². The standard InChI is InChI=1S/C25H17N7S2/c33-20-5-1-3-18(22-14(20)7-9-27-22)31-24-16-11-26-12-17(16)25(30-13-29-24)32-19-4-2-6-21(34)15-8-10-28-23(15)19/h1-13,26-28H,(H,29,30,31,32). The highest BCUT2D eigenvalue weighted by Gasteiger charge is 2.09. The predicted octanol–water partition coefficient (Wildman–Crippen LogP) is 6.36. The van der Waals surface area contributed by atoms with Crippen molar-refractivity contribution in [3.63, 3.8) is 0 Å². The maximum Gasteiger partial charge on any atom is 0.163 e. The first-order valence-electron chi connectivity index (χ1n) is 10.5. The summed E-state index contributed by atoms with van der Waals surface area (Å²) >= 11 is 11.0. The van der Waals surface area contributed by atoms with Crippen LogP contribution in [0, 0.1) is 9.02 Å². The molecule has 0 saturated carbocycles. The average molecular weight is 480 g/mol. The van der Waals surface area contributed by atoms with Crippen molar-refractivity contribution in [2.75, 3.05) is 5.32 Å². The molecule has 0 bridgehead atoms. The summed E-state index contributed by atoms with van der Waals surface area (Å²) in [5.41, 5.74) is 3.92. The Kier molecular flexibility index (Phi) is 4.97. The van der Waals surface area contributed by atoms with Gasteiger partial charge in [-0.15, -0.1) is 0 Å². The minimum atomic E-state index is 0.543. The number of nitrogens with one attached hydrogen (secondary N) is 4. The molecule has 4 heterocycles. The second kappa shape index (κ2) is 8.29. The number of hydrogen-bond donors (Lipinski definition) is 4. The molecule has 0 spiro atoms. The molecule has 2 aromatic carbocycles. The third-order valence-corrected chi connectivity index (χ3v) is 6.36. The van der Waals surface area contributed by atoms with Gasteiger partial charge >= 0.3 is 0 Å². The monoisotopic (exact) mass is 479 g/mol. The Morgan fingerprint density at radius 1 is 0.735 bits per heavy atom. The SMILES string of the molecule is S=c1cccc(N=c2ncnc(Nc3cccc(=S)c4cc[nH]c34)c3c[nH]cc23)c2[nH]ccc12. The zero-order valence-electron chi connectivity index (χ0n) is 17.7. The van der Waals surface area contributed by atoms with Gasteiger partial charge in [-0.2, -0.15) is 0 Å². The largest absolute Gasteiger partial charge is 0.366 e. The van der Waals surface area contributed by atoms with Gasteiger partial charge < -0.3 is 20.3 Å². The molecule has 164 valence electrons. The molecule has 0 amide bonds. The minimum absolute atomic E-state index is 0.543. The van der Waals surface area contributed by atoms with Gasteiger partial charge in [-0.1, -0.05) is 36.6 Å². The van der Waals surface area contributed by atoms with Crippen LogP contribution in [0.15, 0.2) is 84.6 Å². The molecule has 0 aliphatic heterocycles. The lowest BCUT2D eigenvalue weighted by Gasteiger charge is -2.04. The number of hydrogen-bond acceptors (Lipinski definition) is 6. The lowest BCUT2D eigenvalue weighted by Crippen LogP contribution is -2.03. The van der Waals surface area contributed by atoms with Gasteiger partial charge in [0.1, 0.15) is 12.1 Å². The van der Waals surface area contributed by atoms with Gasteiger partial charge in [0.15, 0.2) is 5.49 Å². The summed E-state index contributed by atoms with van der Waals surface area (Å²) in [7, 11) is 0. The fourth-order valence-electron chi connectivity index (χ4n) is 4.04. The molecule has 4 N–H and O–H groups in total. The van der Waals surface area contributed by atoms with E-state index in [9.17, 15) is 0 Å². The highest BCUT2D eigenvalue weighted by Crippen LogP contribution is 2.28. The van der Waals surface area contributed by atoms with Gasteiger partial charge in [0.2, 0.25) is 0 Å². The number of aromatic nitrogens is 5. The van der Waals surface area contributed by atoms with Crippen LogP contribution in [-0.4, -0.2) is 24.9 Å². The molecule has 0 radical (unpaired) electrons. The summed E-state index contributed by atoms with van der Waals surface area (Å²) in [6.07, 6.45) is 9.02. The highest BCUT2D eigenvalue weighted by molar-refractivity contribution is 7.72. The highest BCUT2D eigenvalue weighted by atomic mass is 32.1. The normalized spacial score (nSPS) is 11.9. The minimum Gasteiger partial charge on any atom is -0.366 e. The number of H-pyrrole nitrogens is 3. The molecule has 0 aliphatic rings. The molecule has 0 aliphatic carbocycles. The maximum atomic E-state index is 5.50. The van der Waals surface area contributed by atoms with Gasteiger partial charge in [-0.05, 0) is 36.4 Å². The molecule has 6 rings (SSSR count). The Hall–Kier alpha value is -4.21. The van der Waals surface area contributed by atoms with Gasteiger partial charge in [0.25, 0.3) is 0 Å². The summed E-state index contributed by atoms with van der Waals surface area (Å²) in [6.45, 7) is 0. The van der Waals surface area contributed by atoms with E-state index in [4.69, 9.17) is 29.4 Å². The second-order valence-electron chi connectivity index (χ2n) is 7.68. The second-order valence-corrected chi connectivity index (χ2v) is 8.56. The van der Waals surface area contributed by atoms with Crippen LogP contribution >= 0.6 is 24.4 Å². The first-order chi connectivity index (χ1) is 16.7. The molecule has 0 fully saturated rings. The Balaban J connectivity index is 1.56. The third-order valence-electron chi connectivity index (χ3n) is 5.65. The lowest BCUT2D eigenvalue weighted by atomic mass is 10.2. The van der Waals surface area contributed by atoms with Crippen molar-refractivity contribution in [3.8, 4) is 0 Å². The number of fused-ring (bicyclic) bond motifs is 3. The summed E-state index contributed by atoms with van der Waals surface area (Å²) in [5.74, 6) is 0.648. The van der Waals surface area contributed by atoms with E-state index in [1.54, 1.807) is 0 Å². The van der Waals surface area contributed by atoms with Crippen LogP contribution < -0.4 is 10.8 Å². The quantitative estimate of drug-likeness (QED) is 0.222. The molecule has 0 atom stereocenters. The van der Waals surface area contributed by atoms with E-state index in [1.807, 2.05) is 73.3 Å². The Morgan fingerprint density at radius 2 is 1.44 bits per heavy atom. The van der Waals surface area contributed by atoms with E-state index < -0.39 is 0 Å². The van der Waals surface area contributed by atoms with Crippen molar-refractivity contribution in [2.45, 2.75) is 0 Å². The predicted molar refractivity (Wildman–Crippen MR) is 141 cm³/mol. The van der Waals surface area contributed by atoms with Crippen molar-refractivity contribution < 1.29 is 0 Å². The molecule has 0 unspecified atom stereocenters. The van der Waals surface area contributed by atoms with Crippen molar-refractivity contribution in [3.05, 3.63) is 94.2 Å². The smallest absolute Gasteiger partial charge is 0.163 e. The Labute approximate surface area is 203 Å². The summed E-state index contributed by atoms with van der Waals surface area (Å²) < 4.78 is 1.54. The molecular weight excluding hydrogens is 462 g/mol. The number of rotatable bonds is 3. The summed E-state index contributed by atoms with van der Waals surface area (Å²) in [4.78, 5) is 23.7. The molecular formula is C25H17N7S2. The first-order valence-corrected chi connectivity index (χ1v) is 11.3. The van der Waals surface area contributed by atoms with Crippen molar-refractivity contribution in [2.24, 2.45) is 4.99 Å². The van der Waals surface area contributed by atoms with Gasteiger partial charge in [0.05, 0.1) is 22.4 Å². The van der Waals surface area contributed by atoms with E-state index in [1.165, 1.54) is 6.33 Å². The van der Waals surface area contributed by atoms with Crippen LogP contribution in [0.25, 0.3) is 32.6 Å².